The monoisotopic (exact) mass is 228 g/mol. The summed E-state index contributed by atoms with van der Waals surface area (Å²) in [6.07, 6.45) is 0.351. The van der Waals surface area contributed by atoms with E-state index in [9.17, 15) is 0 Å². The summed E-state index contributed by atoms with van der Waals surface area (Å²) >= 11 is 2.30. The lowest BCUT2D eigenvalue weighted by molar-refractivity contribution is -0.0764. The second-order valence-electron chi connectivity index (χ2n) is 1.72. The van der Waals surface area contributed by atoms with Gasteiger partial charge in [0.2, 0.25) is 0 Å². The lowest BCUT2D eigenvalue weighted by Crippen LogP contribution is -2.29. The van der Waals surface area contributed by atoms with E-state index in [0.717, 1.165) is 24.2 Å². The Balaban J connectivity index is 2.13. The van der Waals surface area contributed by atoms with E-state index in [4.69, 9.17) is 9.47 Å². The van der Waals surface area contributed by atoms with Gasteiger partial charge in [-0.25, -0.2) is 0 Å². The van der Waals surface area contributed by atoms with Crippen LogP contribution in [0.15, 0.2) is 0 Å². The van der Waals surface area contributed by atoms with Crippen LogP contribution >= 0.6 is 22.6 Å². The van der Waals surface area contributed by atoms with Gasteiger partial charge in [-0.05, 0) is 0 Å². The fraction of sp³-hybridized carbons (Fsp3) is 1.00. The molecule has 1 rings (SSSR count). The van der Waals surface area contributed by atoms with Crippen molar-refractivity contribution in [2.24, 2.45) is 0 Å². The quantitative estimate of drug-likeness (QED) is 0.489. The van der Waals surface area contributed by atoms with Crippen molar-refractivity contribution in [1.82, 2.24) is 0 Å². The first-order valence-electron chi connectivity index (χ1n) is 2.69. The smallest absolute Gasteiger partial charge is 0.0898 e. The summed E-state index contributed by atoms with van der Waals surface area (Å²) in [5, 5.41) is 0. The minimum atomic E-state index is 0.351. The highest BCUT2D eigenvalue weighted by Crippen LogP contribution is 2.02. The maximum Gasteiger partial charge on any atom is 0.0898 e. The van der Waals surface area contributed by atoms with Crippen molar-refractivity contribution in [3.05, 3.63) is 0 Å². The molecule has 0 N–H and O–H groups in total. The summed E-state index contributed by atoms with van der Waals surface area (Å²) in [5.41, 5.74) is 0. The lowest BCUT2D eigenvalue weighted by atomic mass is 10.4. The fourth-order valence-electron chi connectivity index (χ4n) is 0.626. The van der Waals surface area contributed by atoms with Gasteiger partial charge in [0.05, 0.1) is 25.9 Å². The first kappa shape index (κ1) is 6.77. The standard InChI is InChI=1S/C5H9IO2/c6-3-5-4-7-1-2-8-5/h5H,1-4H2/t5-/m1/s1. The third-order valence-corrected chi connectivity index (χ3v) is 2.04. The summed E-state index contributed by atoms with van der Waals surface area (Å²) in [6.45, 7) is 2.32. The normalized spacial score (nSPS) is 30.4. The van der Waals surface area contributed by atoms with Crippen LogP contribution in [0, 0.1) is 0 Å². The lowest BCUT2D eigenvalue weighted by Gasteiger charge is -2.20. The van der Waals surface area contributed by atoms with E-state index in [1.807, 2.05) is 0 Å². The van der Waals surface area contributed by atoms with E-state index in [0.29, 0.717) is 6.10 Å². The van der Waals surface area contributed by atoms with E-state index in [-0.39, 0.29) is 0 Å². The maximum atomic E-state index is 5.29. The molecule has 0 aromatic carbocycles. The molecule has 0 spiro atoms. The molecule has 0 saturated carbocycles. The molecule has 8 heavy (non-hydrogen) atoms. The van der Waals surface area contributed by atoms with Gasteiger partial charge in [-0.1, -0.05) is 22.6 Å². The number of halogens is 1. The molecule has 48 valence electrons. The zero-order valence-corrected chi connectivity index (χ0v) is 6.76. The zero-order valence-electron chi connectivity index (χ0n) is 4.60. The van der Waals surface area contributed by atoms with Crippen molar-refractivity contribution >= 4 is 22.6 Å². The first-order valence-corrected chi connectivity index (χ1v) is 4.21. The highest BCUT2D eigenvalue weighted by atomic mass is 127. The highest BCUT2D eigenvalue weighted by molar-refractivity contribution is 14.1. The number of alkyl halides is 1. The van der Waals surface area contributed by atoms with Crippen LogP contribution in [0.1, 0.15) is 0 Å². The van der Waals surface area contributed by atoms with E-state index in [1.54, 1.807) is 0 Å². The number of rotatable bonds is 1. The molecule has 0 radical (unpaired) electrons. The Bertz CT molecular complexity index is 61.4. The molecule has 0 aliphatic carbocycles. The molecular weight excluding hydrogens is 219 g/mol. The molecule has 0 aromatic rings. The van der Waals surface area contributed by atoms with Crippen LogP contribution in [0.3, 0.4) is 0 Å². The Morgan fingerprint density at radius 2 is 2.38 bits per heavy atom. The highest BCUT2D eigenvalue weighted by Gasteiger charge is 2.11. The van der Waals surface area contributed by atoms with Gasteiger partial charge in [0, 0.05) is 4.43 Å². The molecule has 0 aromatic heterocycles. The van der Waals surface area contributed by atoms with Crippen LogP contribution in [-0.2, 0) is 9.47 Å². The molecule has 2 nitrogen and oxygen atoms in total. The van der Waals surface area contributed by atoms with Crippen LogP contribution in [0.25, 0.3) is 0 Å². The molecule has 1 aliphatic rings. The molecule has 3 heteroatoms. The van der Waals surface area contributed by atoms with Gasteiger partial charge >= 0.3 is 0 Å². The minimum absolute atomic E-state index is 0.351. The van der Waals surface area contributed by atoms with E-state index in [1.165, 1.54) is 0 Å². The second kappa shape index (κ2) is 3.63. The molecule has 1 aliphatic heterocycles. The van der Waals surface area contributed by atoms with E-state index in [2.05, 4.69) is 22.6 Å². The Hall–Kier alpha value is 0.650. The van der Waals surface area contributed by atoms with Gasteiger partial charge in [-0.2, -0.15) is 0 Å². The molecule has 1 fully saturated rings. The Morgan fingerprint density at radius 1 is 1.50 bits per heavy atom. The Labute approximate surface area is 62.7 Å². The van der Waals surface area contributed by atoms with Crippen LogP contribution in [0.4, 0.5) is 0 Å². The number of hydrogen-bond acceptors (Lipinski definition) is 2. The summed E-state index contributed by atoms with van der Waals surface area (Å²) in [7, 11) is 0. The van der Waals surface area contributed by atoms with E-state index >= 15 is 0 Å². The molecule has 0 bridgehead atoms. The van der Waals surface area contributed by atoms with Crippen molar-refractivity contribution < 1.29 is 9.47 Å². The fourth-order valence-corrected chi connectivity index (χ4v) is 1.13. The van der Waals surface area contributed by atoms with Gasteiger partial charge in [0.15, 0.2) is 0 Å². The average Bonchev–Trinajstić information content (AvgIpc) is 1.90. The van der Waals surface area contributed by atoms with Crippen molar-refractivity contribution in [3.8, 4) is 0 Å². The van der Waals surface area contributed by atoms with Crippen molar-refractivity contribution in [1.29, 1.82) is 0 Å². The largest absolute Gasteiger partial charge is 0.376 e. The van der Waals surface area contributed by atoms with Gasteiger partial charge in [-0.15, -0.1) is 0 Å². The summed E-state index contributed by atoms with van der Waals surface area (Å²) in [6, 6.07) is 0. The van der Waals surface area contributed by atoms with Gasteiger partial charge in [-0.3, -0.25) is 0 Å². The van der Waals surface area contributed by atoms with Crippen LogP contribution < -0.4 is 0 Å². The molecule has 1 saturated heterocycles. The van der Waals surface area contributed by atoms with Gasteiger partial charge in [0.1, 0.15) is 0 Å². The molecule has 1 heterocycles. The summed E-state index contributed by atoms with van der Waals surface area (Å²) in [5.74, 6) is 0. The number of ether oxygens (including phenoxy) is 2. The summed E-state index contributed by atoms with van der Waals surface area (Å²) < 4.78 is 11.5. The van der Waals surface area contributed by atoms with Crippen LogP contribution in [-0.4, -0.2) is 30.4 Å². The summed E-state index contributed by atoms with van der Waals surface area (Å²) in [4.78, 5) is 0. The van der Waals surface area contributed by atoms with E-state index < -0.39 is 0 Å². The molecular formula is C5H9IO2. The minimum Gasteiger partial charge on any atom is -0.376 e. The average molecular weight is 228 g/mol. The maximum absolute atomic E-state index is 5.29. The second-order valence-corrected chi connectivity index (χ2v) is 2.60. The SMILES string of the molecule is IC[C@@H]1COCCO1. The van der Waals surface area contributed by atoms with Crippen molar-refractivity contribution in [3.63, 3.8) is 0 Å². The van der Waals surface area contributed by atoms with Crippen molar-refractivity contribution in [2.45, 2.75) is 6.10 Å². The predicted molar refractivity (Wildman–Crippen MR) is 39.4 cm³/mol. The Morgan fingerprint density at radius 3 is 2.75 bits per heavy atom. The third kappa shape index (κ3) is 1.87. The molecule has 0 unspecified atom stereocenters. The topological polar surface area (TPSA) is 18.5 Å². The van der Waals surface area contributed by atoms with Crippen LogP contribution in [0.2, 0.25) is 0 Å². The van der Waals surface area contributed by atoms with Crippen molar-refractivity contribution in [2.75, 3.05) is 24.2 Å². The zero-order chi connectivity index (χ0) is 5.82. The molecule has 1 atom stereocenters. The molecule has 0 amide bonds. The van der Waals surface area contributed by atoms with Crippen LogP contribution in [0.5, 0.6) is 0 Å². The third-order valence-electron chi connectivity index (χ3n) is 1.06. The Kier molecular flexibility index (Phi) is 3.07. The van der Waals surface area contributed by atoms with Gasteiger partial charge in [0.25, 0.3) is 0 Å². The first-order chi connectivity index (χ1) is 3.93. The van der Waals surface area contributed by atoms with Gasteiger partial charge < -0.3 is 9.47 Å². The number of hydrogen-bond donors (Lipinski definition) is 0. The predicted octanol–water partition coefficient (Wildman–Crippen LogP) is 0.837.